The molecule has 0 bridgehead atoms. The standard InChI is InChI=1S/Fe.Mg.H2O.H4Si.2H/h;;1H2;1H4;;/q;+2;;;2*-1. The van der Waals surface area contributed by atoms with Crippen molar-refractivity contribution >= 4 is 34.0 Å². The average Bonchev–Trinajstić information content (AvgIpc) is 0. The summed E-state index contributed by atoms with van der Waals surface area (Å²) in [5, 5.41) is 0. The van der Waals surface area contributed by atoms with E-state index in [1.807, 2.05) is 0 Å². The Bertz CT molecular complexity index is 13.5. The van der Waals surface area contributed by atoms with Crippen molar-refractivity contribution in [3.63, 3.8) is 0 Å². The predicted molar refractivity (Wildman–Crippen MR) is 22.9 cm³/mol. The van der Waals surface area contributed by atoms with Crippen LogP contribution in [0.25, 0.3) is 0 Å². The summed E-state index contributed by atoms with van der Waals surface area (Å²) in [6.07, 6.45) is 0. The Hall–Kier alpha value is 1.46. The maximum atomic E-state index is 0. The second kappa shape index (κ2) is 25.0. The molecule has 0 aromatic carbocycles. The molecule has 0 unspecified atom stereocenters. The van der Waals surface area contributed by atoms with Gasteiger partial charge in [-0.1, -0.05) is 0 Å². The van der Waals surface area contributed by atoms with Crippen molar-refractivity contribution < 1.29 is 25.4 Å². The molecule has 28 valence electrons. The first-order chi connectivity index (χ1) is 0. The van der Waals surface area contributed by atoms with Crippen LogP contribution in [0.3, 0.4) is 0 Å². The van der Waals surface area contributed by atoms with E-state index in [4.69, 9.17) is 0 Å². The van der Waals surface area contributed by atoms with Gasteiger partial charge in [-0.2, -0.15) is 0 Å². The van der Waals surface area contributed by atoms with Gasteiger partial charge >= 0.3 is 23.1 Å². The zero-order valence-corrected chi connectivity index (χ0v) is 4.08. The Kier molecular flexibility index (Phi) is 318. The van der Waals surface area contributed by atoms with E-state index in [-0.39, 0.29) is 59.4 Å². The van der Waals surface area contributed by atoms with E-state index in [0.29, 0.717) is 0 Å². The fraction of sp³-hybridized carbons (Fsp3) is 0. The zero-order valence-electron chi connectivity index (χ0n) is 3.56. The summed E-state index contributed by atoms with van der Waals surface area (Å²) in [6.45, 7) is 0. The molecule has 0 amide bonds. The van der Waals surface area contributed by atoms with Crippen molar-refractivity contribution in [1.82, 2.24) is 0 Å². The molecule has 0 saturated carbocycles. The summed E-state index contributed by atoms with van der Waals surface area (Å²) in [5.74, 6) is 0. The first-order valence-electron chi connectivity index (χ1n) is 0. The van der Waals surface area contributed by atoms with Crippen LogP contribution in [0.4, 0.5) is 0 Å². The molecule has 0 spiro atoms. The second-order valence-corrected chi connectivity index (χ2v) is 0. The molecule has 0 aliphatic rings. The van der Waals surface area contributed by atoms with Crippen molar-refractivity contribution in [2.24, 2.45) is 0 Å². The summed E-state index contributed by atoms with van der Waals surface area (Å²) >= 11 is 0. The fourth-order valence-corrected chi connectivity index (χ4v) is 0. The predicted octanol–water partition coefficient (Wildman–Crippen LogP) is -2.43. The molecular weight excluding hydrogens is 124 g/mol. The fourth-order valence-electron chi connectivity index (χ4n) is 0. The van der Waals surface area contributed by atoms with E-state index in [1.165, 1.54) is 0 Å². The van der Waals surface area contributed by atoms with Gasteiger partial charge < -0.3 is 8.33 Å². The third-order valence-corrected chi connectivity index (χ3v) is 0. The van der Waals surface area contributed by atoms with Crippen LogP contribution in [0.2, 0.25) is 0 Å². The Balaban J connectivity index is 0. The third kappa shape index (κ3) is 9.82. The first-order valence-corrected chi connectivity index (χ1v) is 0. The normalized spacial score (nSPS) is 0. The minimum atomic E-state index is 0. The van der Waals surface area contributed by atoms with Crippen LogP contribution in [0, 0.1) is 0 Å². The summed E-state index contributed by atoms with van der Waals surface area (Å²) < 4.78 is 0. The number of hydrogen-bond acceptors (Lipinski definition) is 0. The Morgan fingerprint density at radius 3 is 1.25 bits per heavy atom. The molecule has 0 fully saturated rings. The Morgan fingerprint density at radius 2 is 1.25 bits per heavy atom. The minimum absolute atomic E-state index is 0. The average molecular weight is 132 g/mol. The van der Waals surface area contributed by atoms with Crippen LogP contribution in [0.5, 0.6) is 0 Å². The van der Waals surface area contributed by atoms with Gasteiger partial charge in [0.05, 0.1) is 0 Å². The van der Waals surface area contributed by atoms with E-state index >= 15 is 0 Å². The third-order valence-electron chi connectivity index (χ3n) is 0. The summed E-state index contributed by atoms with van der Waals surface area (Å²) in [6, 6.07) is 0. The topological polar surface area (TPSA) is 31.5 Å². The van der Waals surface area contributed by atoms with Crippen molar-refractivity contribution in [3.8, 4) is 0 Å². The van der Waals surface area contributed by atoms with Crippen molar-refractivity contribution in [3.05, 3.63) is 0 Å². The molecule has 0 heterocycles. The van der Waals surface area contributed by atoms with Gasteiger partial charge in [-0.25, -0.2) is 0 Å². The van der Waals surface area contributed by atoms with Crippen LogP contribution in [-0.4, -0.2) is 39.5 Å². The molecule has 2 N–H and O–H groups in total. The van der Waals surface area contributed by atoms with E-state index in [0.717, 1.165) is 0 Å². The molecule has 0 atom stereocenters. The summed E-state index contributed by atoms with van der Waals surface area (Å²) in [5.41, 5.74) is 0. The molecule has 0 aliphatic heterocycles. The summed E-state index contributed by atoms with van der Waals surface area (Å²) in [7, 11) is 0. The molecule has 4 heavy (non-hydrogen) atoms. The Morgan fingerprint density at radius 1 is 1.25 bits per heavy atom. The van der Waals surface area contributed by atoms with Crippen LogP contribution in [0.1, 0.15) is 2.85 Å². The molecule has 0 saturated heterocycles. The monoisotopic (exact) mass is 132 g/mol. The van der Waals surface area contributed by atoms with Gasteiger partial charge in [0, 0.05) is 17.1 Å². The first kappa shape index (κ1) is 50.9. The molecule has 0 radical (unpaired) electrons. The van der Waals surface area contributed by atoms with Gasteiger partial charge in [0.25, 0.3) is 0 Å². The van der Waals surface area contributed by atoms with Gasteiger partial charge in [0.1, 0.15) is 0 Å². The molecular formula is H8FeMgOSi. The van der Waals surface area contributed by atoms with Crippen LogP contribution < -0.4 is 0 Å². The van der Waals surface area contributed by atoms with Gasteiger partial charge in [-0.15, -0.1) is 0 Å². The van der Waals surface area contributed by atoms with E-state index in [9.17, 15) is 0 Å². The maximum absolute atomic E-state index is 0. The number of rotatable bonds is 0. The number of hydrogen-bond donors (Lipinski definition) is 0. The molecule has 0 aliphatic carbocycles. The second-order valence-electron chi connectivity index (χ2n) is 0. The van der Waals surface area contributed by atoms with Crippen LogP contribution >= 0.6 is 0 Å². The van der Waals surface area contributed by atoms with Crippen molar-refractivity contribution in [1.29, 1.82) is 0 Å². The van der Waals surface area contributed by atoms with Gasteiger partial charge in [0.2, 0.25) is 0 Å². The quantitative estimate of drug-likeness (QED) is 0.328. The van der Waals surface area contributed by atoms with Gasteiger partial charge in [0.15, 0.2) is 0 Å². The van der Waals surface area contributed by atoms with Gasteiger partial charge in [-0.05, 0) is 11.0 Å². The van der Waals surface area contributed by atoms with Crippen molar-refractivity contribution in [2.75, 3.05) is 0 Å². The molecule has 1 nitrogen and oxygen atoms in total. The zero-order chi connectivity index (χ0) is 0. The van der Waals surface area contributed by atoms with E-state index in [1.54, 1.807) is 0 Å². The van der Waals surface area contributed by atoms with Crippen molar-refractivity contribution in [2.45, 2.75) is 0 Å². The smallest absolute Gasteiger partial charge is 1.00 e. The van der Waals surface area contributed by atoms with E-state index < -0.39 is 0 Å². The Labute approximate surface area is 59.5 Å². The maximum Gasteiger partial charge on any atom is 2.00 e. The SMILES string of the molecule is O.[Fe].[H-].[H-].[Mg+2].[SiH4]. The summed E-state index contributed by atoms with van der Waals surface area (Å²) in [4.78, 5) is 0. The van der Waals surface area contributed by atoms with Crippen LogP contribution in [0.15, 0.2) is 0 Å². The van der Waals surface area contributed by atoms with Crippen LogP contribution in [-0.2, 0) is 17.1 Å². The molecule has 0 aromatic heterocycles. The largest absolute Gasteiger partial charge is 2.00 e. The molecule has 0 rings (SSSR count). The van der Waals surface area contributed by atoms with E-state index in [2.05, 4.69) is 0 Å². The minimum Gasteiger partial charge on any atom is -1.00 e. The molecule has 0 aromatic rings. The van der Waals surface area contributed by atoms with Gasteiger partial charge in [-0.3, -0.25) is 0 Å². The molecule has 4 heteroatoms.